The first-order chi connectivity index (χ1) is 8.36. The van der Waals surface area contributed by atoms with E-state index in [9.17, 15) is 0 Å². The lowest BCUT2D eigenvalue weighted by Crippen LogP contribution is -2.37. The van der Waals surface area contributed by atoms with Crippen LogP contribution in [-0.4, -0.2) is 61.3 Å². The highest BCUT2D eigenvalue weighted by molar-refractivity contribution is 5.34. The van der Waals surface area contributed by atoms with Crippen molar-refractivity contribution in [2.24, 2.45) is 0 Å². The van der Waals surface area contributed by atoms with Gasteiger partial charge in [0, 0.05) is 39.4 Å². The molecule has 0 aromatic carbocycles. The van der Waals surface area contributed by atoms with Gasteiger partial charge < -0.3 is 9.64 Å². The molecule has 1 aromatic heterocycles. The van der Waals surface area contributed by atoms with Gasteiger partial charge in [0.25, 0.3) is 0 Å². The lowest BCUT2D eigenvalue weighted by atomic mass is 10.3. The van der Waals surface area contributed by atoms with Gasteiger partial charge >= 0.3 is 0 Å². The minimum absolute atomic E-state index is 0.877. The average molecular weight is 236 g/mol. The van der Waals surface area contributed by atoms with Gasteiger partial charge in [-0.05, 0) is 12.5 Å². The zero-order valence-electron chi connectivity index (χ0n) is 10.4. The van der Waals surface area contributed by atoms with E-state index in [1.807, 2.05) is 6.07 Å². The summed E-state index contributed by atoms with van der Waals surface area (Å²) >= 11 is 0. The molecule has 5 nitrogen and oxygen atoms in total. The minimum atomic E-state index is 0.877. The van der Waals surface area contributed by atoms with Crippen molar-refractivity contribution in [1.29, 1.82) is 0 Å². The molecule has 0 radical (unpaired) electrons. The van der Waals surface area contributed by atoms with E-state index in [4.69, 9.17) is 4.74 Å². The van der Waals surface area contributed by atoms with Gasteiger partial charge in [-0.2, -0.15) is 0 Å². The summed E-state index contributed by atoms with van der Waals surface area (Å²) in [7, 11) is 2.07. The number of nitrogens with zero attached hydrogens (tertiary/aromatic N) is 4. The number of hydrogen-bond acceptors (Lipinski definition) is 5. The zero-order valence-corrected chi connectivity index (χ0v) is 10.4. The smallest absolute Gasteiger partial charge is 0.131 e. The van der Waals surface area contributed by atoms with Crippen LogP contribution in [0.4, 0.5) is 5.82 Å². The number of morpholine rings is 1. The summed E-state index contributed by atoms with van der Waals surface area (Å²) in [6.07, 6.45) is 4.52. The molecule has 2 heterocycles. The standard InChI is InChI=1S/C12H20N4O/c1-15(12-3-4-13-11-14-12)5-2-6-16-7-9-17-10-8-16/h3-4,11H,2,5-10H2,1H3. The molecule has 0 aliphatic carbocycles. The molecule has 0 spiro atoms. The van der Waals surface area contributed by atoms with Crippen molar-refractivity contribution in [1.82, 2.24) is 14.9 Å². The van der Waals surface area contributed by atoms with Crippen LogP contribution in [0.5, 0.6) is 0 Å². The molecule has 0 N–H and O–H groups in total. The van der Waals surface area contributed by atoms with Crippen molar-refractivity contribution >= 4 is 5.82 Å². The van der Waals surface area contributed by atoms with Gasteiger partial charge in [-0.15, -0.1) is 0 Å². The third kappa shape index (κ3) is 3.94. The van der Waals surface area contributed by atoms with Crippen LogP contribution >= 0.6 is 0 Å². The molecule has 1 saturated heterocycles. The molecule has 94 valence electrons. The predicted molar refractivity (Wildman–Crippen MR) is 67.2 cm³/mol. The summed E-state index contributed by atoms with van der Waals surface area (Å²) in [5.41, 5.74) is 0. The highest BCUT2D eigenvalue weighted by atomic mass is 16.5. The predicted octanol–water partition coefficient (Wildman–Crippen LogP) is 0.635. The molecule has 2 rings (SSSR count). The molecule has 1 aliphatic rings. The topological polar surface area (TPSA) is 41.5 Å². The van der Waals surface area contributed by atoms with Crippen molar-refractivity contribution in [2.45, 2.75) is 6.42 Å². The molecule has 1 aliphatic heterocycles. The van der Waals surface area contributed by atoms with Crippen LogP contribution in [0.25, 0.3) is 0 Å². The molecule has 0 amide bonds. The maximum absolute atomic E-state index is 5.33. The highest BCUT2D eigenvalue weighted by Gasteiger charge is 2.10. The average Bonchev–Trinajstić information content (AvgIpc) is 2.41. The Morgan fingerprint density at radius 1 is 1.41 bits per heavy atom. The molecule has 0 bridgehead atoms. The summed E-state index contributed by atoms with van der Waals surface area (Å²) in [5, 5.41) is 0. The van der Waals surface area contributed by atoms with E-state index in [-0.39, 0.29) is 0 Å². The van der Waals surface area contributed by atoms with Crippen molar-refractivity contribution in [2.75, 3.05) is 51.3 Å². The first-order valence-corrected chi connectivity index (χ1v) is 6.13. The lowest BCUT2D eigenvalue weighted by molar-refractivity contribution is 0.0377. The molecule has 1 aromatic rings. The number of ether oxygens (including phenoxy) is 1. The highest BCUT2D eigenvalue weighted by Crippen LogP contribution is 2.06. The fourth-order valence-electron chi connectivity index (χ4n) is 1.98. The Hall–Kier alpha value is -1.20. The molecular weight excluding hydrogens is 216 g/mol. The SMILES string of the molecule is CN(CCCN1CCOCC1)c1ccncn1. The van der Waals surface area contributed by atoms with E-state index < -0.39 is 0 Å². The molecular formula is C12H20N4O. The third-order valence-electron chi connectivity index (χ3n) is 3.03. The second-order valence-electron chi connectivity index (χ2n) is 4.30. The summed E-state index contributed by atoms with van der Waals surface area (Å²) in [6, 6.07) is 1.94. The van der Waals surface area contributed by atoms with E-state index in [0.717, 1.165) is 51.6 Å². The van der Waals surface area contributed by atoms with Crippen LogP contribution < -0.4 is 4.90 Å². The van der Waals surface area contributed by atoms with Crippen LogP contribution in [0.2, 0.25) is 0 Å². The zero-order chi connectivity index (χ0) is 11.9. The number of aromatic nitrogens is 2. The maximum atomic E-state index is 5.33. The molecule has 0 atom stereocenters. The quantitative estimate of drug-likeness (QED) is 0.750. The van der Waals surface area contributed by atoms with Crippen molar-refractivity contribution in [3.05, 3.63) is 18.6 Å². The number of hydrogen-bond donors (Lipinski definition) is 0. The van der Waals surface area contributed by atoms with E-state index in [0.29, 0.717) is 0 Å². The van der Waals surface area contributed by atoms with Crippen LogP contribution in [0, 0.1) is 0 Å². The van der Waals surface area contributed by atoms with Crippen LogP contribution in [0.15, 0.2) is 18.6 Å². The van der Waals surface area contributed by atoms with Gasteiger partial charge in [-0.25, -0.2) is 9.97 Å². The van der Waals surface area contributed by atoms with Crippen LogP contribution in [0.3, 0.4) is 0 Å². The van der Waals surface area contributed by atoms with Gasteiger partial charge in [-0.1, -0.05) is 0 Å². The van der Waals surface area contributed by atoms with E-state index in [1.54, 1.807) is 12.5 Å². The molecule has 0 unspecified atom stereocenters. The van der Waals surface area contributed by atoms with Crippen molar-refractivity contribution in [3.63, 3.8) is 0 Å². The molecule has 1 fully saturated rings. The third-order valence-corrected chi connectivity index (χ3v) is 3.03. The monoisotopic (exact) mass is 236 g/mol. The Labute approximate surface area is 102 Å². The fraction of sp³-hybridized carbons (Fsp3) is 0.667. The summed E-state index contributed by atoms with van der Waals surface area (Å²) in [5.74, 6) is 0.988. The Morgan fingerprint density at radius 2 is 2.24 bits per heavy atom. The molecule has 5 heteroatoms. The molecule has 0 saturated carbocycles. The Balaban J connectivity index is 1.67. The minimum Gasteiger partial charge on any atom is -0.379 e. The largest absolute Gasteiger partial charge is 0.379 e. The van der Waals surface area contributed by atoms with Crippen LogP contribution in [0.1, 0.15) is 6.42 Å². The van der Waals surface area contributed by atoms with Gasteiger partial charge in [0.05, 0.1) is 13.2 Å². The van der Waals surface area contributed by atoms with E-state index >= 15 is 0 Å². The van der Waals surface area contributed by atoms with Gasteiger partial charge in [0.2, 0.25) is 0 Å². The maximum Gasteiger partial charge on any atom is 0.131 e. The number of anilines is 1. The summed E-state index contributed by atoms with van der Waals surface area (Å²) in [4.78, 5) is 12.8. The molecule has 17 heavy (non-hydrogen) atoms. The van der Waals surface area contributed by atoms with Crippen molar-refractivity contribution < 1.29 is 4.74 Å². The van der Waals surface area contributed by atoms with Gasteiger partial charge in [0.15, 0.2) is 0 Å². The second-order valence-corrected chi connectivity index (χ2v) is 4.30. The van der Waals surface area contributed by atoms with E-state index in [1.165, 1.54) is 0 Å². The normalized spacial score (nSPS) is 17.0. The Morgan fingerprint density at radius 3 is 2.94 bits per heavy atom. The van der Waals surface area contributed by atoms with Gasteiger partial charge in [0.1, 0.15) is 12.1 Å². The first-order valence-electron chi connectivity index (χ1n) is 6.13. The summed E-state index contributed by atoms with van der Waals surface area (Å²) in [6.45, 7) is 6.05. The van der Waals surface area contributed by atoms with Crippen LogP contribution in [-0.2, 0) is 4.74 Å². The van der Waals surface area contributed by atoms with E-state index in [2.05, 4.69) is 26.8 Å². The van der Waals surface area contributed by atoms with Gasteiger partial charge in [-0.3, -0.25) is 4.90 Å². The summed E-state index contributed by atoms with van der Waals surface area (Å²) < 4.78 is 5.33. The second kappa shape index (κ2) is 6.51. The fourth-order valence-corrected chi connectivity index (χ4v) is 1.98. The Kier molecular flexibility index (Phi) is 4.70. The number of rotatable bonds is 5. The first kappa shape index (κ1) is 12.3. The Bertz CT molecular complexity index is 314. The van der Waals surface area contributed by atoms with Crippen molar-refractivity contribution in [3.8, 4) is 0 Å². The lowest BCUT2D eigenvalue weighted by Gasteiger charge is -2.27.